The molecule has 1 aromatic heterocycles. The Morgan fingerprint density at radius 2 is 2.00 bits per heavy atom. The van der Waals surface area contributed by atoms with Crippen LogP contribution in [0.15, 0.2) is 34.5 Å². The van der Waals surface area contributed by atoms with E-state index in [0.29, 0.717) is 12.2 Å². The van der Waals surface area contributed by atoms with E-state index >= 15 is 0 Å². The monoisotopic (exact) mass is 286 g/mol. The zero-order chi connectivity index (χ0) is 14.7. The van der Waals surface area contributed by atoms with Crippen molar-refractivity contribution in [2.24, 2.45) is 10.2 Å². The SMILES string of the molecule is O=C(CN1CCCCC1)N=Nc1c(O)[nH]c2ccccc12. The molecule has 21 heavy (non-hydrogen) atoms. The third-order valence-corrected chi connectivity index (χ3v) is 3.73. The molecule has 2 heterocycles. The standard InChI is InChI=1S/C15H18N4O2/c20-13(10-19-8-4-1-5-9-19)17-18-14-11-6-2-3-7-12(11)16-15(14)21/h2-3,6-7,16,21H,1,4-5,8-10H2. The minimum atomic E-state index is -0.276. The van der Waals surface area contributed by atoms with Crippen LogP contribution in [0.1, 0.15) is 19.3 Å². The van der Waals surface area contributed by atoms with E-state index in [4.69, 9.17) is 0 Å². The van der Waals surface area contributed by atoms with E-state index < -0.39 is 0 Å². The van der Waals surface area contributed by atoms with Gasteiger partial charge >= 0.3 is 0 Å². The number of aromatic amines is 1. The summed E-state index contributed by atoms with van der Waals surface area (Å²) in [6, 6.07) is 7.38. The van der Waals surface area contributed by atoms with Crippen molar-refractivity contribution in [1.29, 1.82) is 0 Å². The average Bonchev–Trinajstić information content (AvgIpc) is 2.81. The molecule has 6 heteroatoms. The molecule has 3 rings (SSSR count). The number of carbonyl (C=O) groups excluding carboxylic acids is 1. The fourth-order valence-electron chi connectivity index (χ4n) is 2.66. The second kappa shape index (κ2) is 6.05. The molecule has 2 N–H and O–H groups in total. The molecule has 1 fully saturated rings. The summed E-state index contributed by atoms with van der Waals surface area (Å²) < 4.78 is 0. The van der Waals surface area contributed by atoms with Crippen LogP contribution in [0.2, 0.25) is 0 Å². The first kappa shape index (κ1) is 13.8. The first-order valence-corrected chi connectivity index (χ1v) is 7.20. The molecule has 0 bridgehead atoms. The van der Waals surface area contributed by atoms with Gasteiger partial charge < -0.3 is 10.1 Å². The quantitative estimate of drug-likeness (QED) is 0.851. The Hall–Kier alpha value is -2.21. The fraction of sp³-hybridized carbons (Fsp3) is 0.400. The smallest absolute Gasteiger partial charge is 0.278 e. The maximum atomic E-state index is 11.9. The van der Waals surface area contributed by atoms with Gasteiger partial charge in [0.1, 0.15) is 0 Å². The van der Waals surface area contributed by atoms with Crippen LogP contribution in [0.3, 0.4) is 0 Å². The Kier molecular flexibility index (Phi) is 3.96. The number of piperidine rings is 1. The van der Waals surface area contributed by atoms with Crippen LogP contribution in [0.25, 0.3) is 10.9 Å². The number of hydrogen-bond donors (Lipinski definition) is 2. The Morgan fingerprint density at radius 1 is 1.24 bits per heavy atom. The van der Waals surface area contributed by atoms with Crippen molar-refractivity contribution in [1.82, 2.24) is 9.88 Å². The summed E-state index contributed by atoms with van der Waals surface area (Å²) >= 11 is 0. The number of fused-ring (bicyclic) bond motifs is 1. The third-order valence-electron chi connectivity index (χ3n) is 3.73. The number of rotatable bonds is 3. The largest absolute Gasteiger partial charge is 0.493 e. The zero-order valence-electron chi connectivity index (χ0n) is 11.7. The molecule has 1 aromatic carbocycles. The van der Waals surface area contributed by atoms with Gasteiger partial charge in [-0.05, 0) is 32.0 Å². The topological polar surface area (TPSA) is 81.1 Å². The summed E-state index contributed by atoms with van der Waals surface area (Å²) in [5.74, 6) is -0.340. The maximum absolute atomic E-state index is 11.9. The number of carbonyl (C=O) groups is 1. The minimum Gasteiger partial charge on any atom is -0.493 e. The normalized spacial score (nSPS) is 16.8. The number of likely N-dealkylation sites (tertiary alicyclic amines) is 1. The van der Waals surface area contributed by atoms with Crippen molar-refractivity contribution in [3.63, 3.8) is 0 Å². The molecule has 1 aliphatic rings. The molecule has 2 aromatic rings. The Labute approximate surface area is 122 Å². The molecule has 0 atom stereocenters. The van der Waals surface area contributed by atoms with E-state index in [2.05, 4.69) is 20.1 Å². The molecule has 1 amide bonds. The van der Waals surface area contributed by atoms with Gasteiger partial charge in [0.15, 0.2) is 5.69 Å². The van der Waals surface area contributed by atoms with Gasteiger partial charge in [0.2, 0.25) is 5.88 Å². The predicted octanol–water partition coefficient (Wildman–Crippen LogP) is 2.97. The van der Waals surface area contributed by atoms with Crippen LogP contribution < -0.4 is 0 Å². The summed E-state index contributed by atoms with van der Waals surface area (Å²) in [6.07, 6.45) is 3.50. The number of nitrogens with one attached hydrogen (secondary N) is 1. The van der Waals surface area contributed by atoms with Gasteiger partial charge in [-0.1, -0.05) is 24.6 Å². The number of nitrogens with zero attached hydrogens (tertiary/aromatic N) is 3. The average molecular weight is 286 g/mol. The number of aromatic hydroxyl groups is 1. The van der Waals surface area contributed by atoms with Crippen LogP contribution in [0, 0.1) is 0 Å². The molecule has 0 aliphatic carbocycles. The van der Waals surface area contributed by atoms with Gasteiger partial charge in [-0.15, -0.1) is 10.2 Å². The van der Waals surface area contributed by atoms with Gasteiger partial charge in [-0.25, -0.2) is 0 Å². The molecule has 110 valence electrons. The van der Waals surface area contributed by atoms with E-state index in [0.717, 1.165) is 36.8 Å². The predicted molar refractivity (Wildman–Crippen MR) is 79.8 cm³/mol. The van der Waals surface area contributed by atoms with E-state index in [1.54, 1.807) is 0 Å². The first-order valence-electron chi connectivity index (χ1n) is 7.20. The molecule has 0 saturated carbocycles. The number of hydrogen-bond acceptors (Lipinski definition) is 4. The summed E-state index contributed by atoms with van der Waals surface area (Å²) in [5.41, 5.74) is 1.09. The van der Waals surface area contributed by atoms with E-state index in [-0.39, 0.29) is 11.8 Å². The molecular weight excluding hydrogens is 268 g/mol. The van der Waals surface area contributed by atoms with Crippen LogP contribution in [0.5, 0.6) is 5.88 Å². The molecular formula is C15H18N4O2. The summed E-state index contributed by atoms with van der Waals surface area (Å²) in [6.45, 7) is 2.19. The number of amides is 1. The van der Waals surface area contributed by atoms with Gasteiger partial charge in [-0.3, -0.25) is 9.69 Å². The van der Waals surface area contributed by atoms with Crippen molar-refractivity contribution >= 4 is 22.5 Å². The Morgan fingerprint density at radius 3 is 2.81 bits per heavy atom. The molecule has 0 unspecified atom stereocenters. The second-order valence-electron chi connectivity index (χ2n) is 5.30. The van der Waals surface area contributed by atoms with Crippen molar-refractivity contribution in [3.05, 3.63) is 24.3 Å². The Balaban J connectivity index is 1.72. The highest BCUT2D eigenvalue weighted by atomic mass is 16.3. The summed E-state index contributed by atoms with van der Waals surface area (Å²) in [7, 11) is 0. The number of benzene rings is 1. The van der Waals surface area contributed by atoms with Crippen molar-refractivity contribution in [2.45, 2.75) is 19.3 Å². The first-order chi connectivity index (χ1) is 10.2. The fourth-order valence-corrected chi connectivity index (χ4v) is 2.66. The van der Waals surface area contributed by atoms with Crippen LogP contribution in [-0.2, 0) is 4.79 Å². The van der Waals surface area contributed by atoms with Crippen molar-refractivity contribution in [3.8, 4) is 5.88 Å². The van der Waals surface area contributed by atoms with Crippen LogP contribution >= 0.6 is 0 Å². The minimum absolute atomic E-state index is 0.0641. The highest BCUT2D eigenvalue weighted by Gasteiger charge is 2.14. The molecule has 0 spiro atoms. The van der Waals surface area contributed by atoms with E-state index in [9.17, 15) is 9.90 Å². The van der Waals surface area contributed by atoms with Crippen LogP contribution in [-0.4, -0.2) is 40.5 Å². The number of aromatic nitrogens is 1. The van der Waals surface area contributed by atoms with Crippen molar-refractivity contribution in [2.75, 3.05) is 19.6 Å². The van der Waals surface area contributed by atoms with E-state index in [1.165, 1.54) is 6.42 Å². The summed E-state index contributed by atoms with van der Waals surface area (Å²) in [5, 5.41) is 18.3. The number of H-pyrrole nitrogens is 1. The molecule has 0 radical (unpaired) electrons. The van der Waals surface area contributed by atoms with Gasteiger partial charge in [0, 0.05) is 5.39 Å². The maximum Gasteiger partial charge on any atom is 0.278 e. The number of para-hydroxylation sites is 1. The van der Waals surface area contributed by atoms with Crippen LogP contribution in [0.4, 0.5) is 5.69 Å². The number of azo groups is 1. The van der Waals surface area contributed by atoms with E-state index in [1.807, 2.05) is 24.3 Å². The lowest BCUT2D eigenvalue weighted by Gasteiger charge is -2.24. The highest BCUT2D eigenvalue weighted by Crippen LogP contribution is 2.35. The molecule has 1 saturated heterocycles. The van der Waals surface area contributed by atoms with Gasteiger partial charge in [0.25, 0.3) is 5.91 Å². The lowest BCUT2D eigenvalue weighted by molar-refractivity contribution is -0.119. The lowest BCUT2D eigenvalue weighted by atomic mass is 10.1. The highest BCUT2D eigenvalue weighted by molar-refractivity contribution is 5.94. The van der Waals surface area contributed by atoms with Gasteiger partial charge in [0.05, 0.1) is 12.1 Å². The van der Waals surface area contributed by atoms with Crippen molar-refractivity contribution < 1.29 is 9.90 Å². The Bertz CT molecular complexity index is 671. The second-order valence-corrected chi connectivity index (χ2v) is 5.30. The van der Waals surface area contributed by atoms with Gasteiger partial charge in [-0.2, -0.15) is 0 Å². The zero-order valence-corrected chi connectivity index (χ0v) is 11.7. The third kappa shape index (κ3) is 3.11. The molecule has 6 nitrogen and oxygen atoms in total. The molecule has 1 aliphatic heterocycles. The summed E-state index contributed by atoms with van der Waals surface area (Å²) in [4.78, 5) is 16.8. The lowest BCUT2D eigenvalue weighted by Crippen LogP contribution is -2.33.